The summed E-state index contributed by atoms with van der Waals surface area (Å²) < 4.78 is 0. The van der Waals surface area contributed by atoms with Crippen molar-refractivity contribution < 1.29 is 21.1 Å². The Morgan fingerprint density at radius 1 is 0.388 bits per heavy atom. The van der Waals surface area contributed by atoms with Gasteiger partial charge in [-0.05, 0) is 58.2 Å². The molecule has 0 fully saturated rings. The Labute approximate surface area is 299 Å². The molecule has 49 heavy (non-hydrogen) atoms. The van der Waals surface area contributed by atoms with Gasteiger partial charge >= 0.3 is 21.1 Å². The summed E-state index contributed by atoms with van der Waals surface area (Å²) in [7, 11) is 0. The molecular weight excluding hydrogens is 784 g/mol. The van der Waals surface area contributed by atoms with E-state index in [1.54, 1.807) is 0 Å². The number of fused-ring (bicyclic) bond motifs is 6. The summed E-state index contributed by atoms with van der Waals surface area (Å²) in [6.45, 7) is 0. The zero-order valence-corrected chi connectivity index (χ0v) is 28.4. The van der Waals surface area contributed by atoms with E-state index in [4.69, 9.17) is 20.0 Å². The van der Waals surface area contributed by atoms with Gasteiger partial charge in [-0.25, -0.2) is 0 Å². The zero-order valence-electron chi connectivity index (χ0n) is 26.2. The van der Waals surface area contributed by atoms with Crippen molar-refractivity contribution in [2.24, 2.45) is 9.98 Å². The molecule has 3 aliphatic heterocycles. The van der Waals surface area contributed by atoms with Crippen molar-refractivity contribution in [3.05, 3.63) is 204 Å². The van der Waals surface area contributed by atoms with Gasteiger partial charge in [0.15, 0.2) is 0 Å². The molecular formula is C42H28N6Pt. The van der Waals surface area contributed by atoms with E-state index in [9.17, 15) is 0 Å². The molecule has 0 amide bonds. The number of hydrogen-bond donors (Lipinski definition) is 0. The number of benzene rings is 4. The Balaban J connectivity index is 0.00000348. The first kappa shape index (κ1) is 30.4. The Kier molecular flexibility index (Phi) is 8.00. The smallest absolute Gasteiger partial charge is 0.435 e. The first-order valence-electron chi connectivity index (χ1n) is 15.9. The van der Waals surface area contributed by atoms with Crippen LogP contribution in [0.2, 0.25) is 0 Å². The van der Waals surface area contributed by atoms with Crippen LogP contribution >= 0.6 is 0 Å². The van der Waals surface area contributed by atoms with Crippen molar-refractivity contribution in [1.82, 2.24) is 9.97 Å². The van der Waals surface area contributed by atoms with Crippen molar-refractivity contribution in [3.63, 3.8) is 0 Å². The fraction of sp³-hybridized carbons (Fsp3) is 0. The molecule has 8 bridgehead atoms. The van der Waals surface area contributed by atoms with Gasteiger partial charge in [0.05, 0.1) is 23.1 Å². The fourth-order valence-electron chi connectivity index (χ4n) is 6.44. The van der Waals surface area contributed by atoms with Crippen LogP contribution < -0.4 is 19.8 Å². The molecule has 9 rings (SSSR count). The van der Waals surface area contributed by atoms with Gasteiger partial charge in [-0.1, -0.05) is 157 Å². The number of para-hydroxylation sites is 2. The van der Waals surface area contributed by atoms with Crippen molar-refractivity contribution in [2.75, 3.05) is 9.80 Å². The van der Waals surface area contributed by atoms with E-state index in [0.29, 0.717) is 0 Å². The second kappa shape index (κ2) is 12.9. The third kappa shape index (κ3) is 5.56. The number of allylic oxidation sites excluding steroid dienone is 2. The number of aliphatic imine (C=N–C) groups is 2. The quantitative estimate of drug-likeness (QED) is 0.178. The average Bonchev–Trinajstić information content (AvgIpc) is 3.98. The number of hydrogen-bond acceptors (Lipinski definition) is 4. The molecule has 6 nitrogen and oxygen atoms in total. The number of aromatic nitrogens is 2. The van der Waals surface area contributed by atoms with Gasteiger partial charge in [0.2, 0.25) is 0 Å². The minimum Gasteiger partial charge on any atom is -0.435 e. The summed E-state index contributed by atoms with van der Waals surface area (Å²) in [6, 6.07) is 49.5. The number of amidine groups is 2. The second-order valence-corrected chi connectivity index (χ2v) is 11.6. The van der Waals surface area contributed by atoms with Crippen LogP contribution in [0.15, 0.2) is 191 Å². The predicted octanol–water partition coefficient (Wildman–Crippen LogP) is 9.04. The van der Waals surface area contributed by atoms with Crippen molar-refractivity contribution in [1.29, 1.82) is 0 Å². The van der Waals surface area contributed by atoms with Crippen molar-refractivity contribution in [2.45, 2.75) is 0 Å². The van der Waals surface area contributed by atoms with Gasteiger partial charge in [-0.3, -0.25) is 9.98 Å². The summed E-state index contributed by atoms with van der Waals surface area (Å²) >= 11 is 0. The van der Waals surface area contributed by atoms with E-state index in [2.05, 4.69) is 107 Å². The molecule has 0 saturated heterocycles. The fourth-order valence-corrected chi connectivity index (χ4v) is 6.44. The molecule has 4 aromatic carbocycles. The monoisotopic (exact) mass is 811 g/mol. The Morgan fingerprint density at radius 3 is 1.14 bits per heavy atom. The largest absolute Gasteiger partial charge is 2.00 e. The summed E-state index contributed by atoms with van der Waals surface area (Å²) in [5, 5.41) is 0. The third-order valence-electron chi connectivity index (χ3n) is 8.60. The Hall–Kier alpha value is -5.97. The molecule has 2 aromatic heterocycles. The molecule has 5 heterocycles. The van der Waals surface area contributed by atoms with Gasteiger partial charge in [-0.15, -0.1) is 0 Å². The molecule has 0 aliphatic carbocycles. The minimum absolute atomic E-state index is 0. The molecule has 236 valence electrons. The van der Waals surface area contributed by atoms with Crippen LogP contribution in [-0.4, -0.2) is 11.7 Å². The molecule has 7 heteroatoms. The maximum atomic E-state index is 5.26. The maximum absolute atomic E-state index is 5.26. The van der Waals surface area contributed by atoms with Gasteiger partial charge in [0, 0.05) is 11.1 Å². The van der Waals surface area contributed by atoms with E-state index >= 15 is 0 Å². The maximum Gasteiger partial charge on any atom is 2.00 e. The first-order valence-corrected chi connectivity index (χ1v) is 15.9. The van der Waals surface area contributed by atoms with Crippen LogP contribution in [0.4, 0.5) is 23.0 Å². The molecule has 6 aromatic rings. The Bertz CT molecular complexity index is 2160. The van der Waals surface area contributed by atoms with Gasteiger partial charge < -0.3 is 19.8 Å². The van der Waals surface area contributed by atoms with Crippen LogP contribution in [0.5, 0.6) is 0 Å². The minimum atomic E-state index is 0. The van der Waals surface area contributed by atoms with Gasteiger partial charge in [0.25, 0.3) is 0 Å². The predicted molar refractivity (Wildman–Crippen MR) is 195 cm³/mol. The normalized spacial score (nSPS) is 15.0. The van der Waals surface area contributed by atoms with E-state index < -0.39 is 0 Å². The SMILES string of the molecule is C1=CC2=C(c3ccccc3)c3ccc([n-]3)N(c3ccccc3)C3=NC(=C(c4ccccc4)c4ccc([n-]4)N(c4ccccc4)C1=N2)C=C3.[Pt+2]. The summed E-state index contributed by atoms with van der Waals surface area (Å²) in [5.41, 5.74) is 9.24. The summed E-state index contributed by atoms with van der Waals surface area (Å²) in [6.07, 6.45) is 8.27. The summed E-state index contributed by atoms with van der Waals surface area (Å²) in [4.78, 5) is 25.3. The van der Waals surface area contributed by atoms with Crippen molar-refractivity contribution in [3.8, 4) is 0 Å². The molecule has 0 saturated carbocycles. The number of rotatable bonds is 4. The molecule has 3 aliphatic rings. The van der Waals surface area contributed by atoms with Crippen LogP contribution in [0.25, 0.3) is 11.1 Å². The zero-order chi connectivity index (χ0) is 31.9. The van der Waals surface area contributed by atoms with Gasteiger partial charge in [-0.2, -0.15) is 0 Å². The van der Waals surface area contributed by atoms with E-state index in [1.807, 2.05) is 72.8 Å². The number of anilines is 4. The van der Waals surface area contributed by atoms with Crippen LogP contribution in [-0.2, 0) is 21.1 Å². The average molecular weight is 812 g/mol. The van der Waals surface area contributed by atoms with Crippen molar-refractivity contribution >= 4 is 45.8 Å². The van der Waals surface area contributed by atoms with Crippen LogP contribution in [0, 0.1) is 0 Å². The standard InChI is InChI=1S/C42H28N6.Pt/c1-5-13-29(14-6-1)41-33-21-25-37(43-33)47(31-17-9-3-10-18-31)39-27-23-35(45-39)42(30-15-7-2-8-16-30)36-24-28-40(46-36)48(32-19-11-4-12-20-32)38-26-22-34(41)44-38;/h1-28H;/q-2;+2. The number of nitrogens with zero attached hydrogens (tertiary/aromatic N) is 6. The Morgan fingerprint density at radius 2 is 0.755 bits per heavy atom. The summed E-state index contributed by atoms with van der Waals surface area (Å²) in [5.74, 6) is 3.09. The van der Waals surface area contributed by atoms with E-state index in [-0.39, 0.29) is 21.1 Å². The van der Waals surface area contributed by atoms with Crippen LogP contribution in [0.1, 0.15) is 22.5 Å². The second-order valence-electron chi connectivity index (χ2n) is 11.6. The third-order valence-corrected chi connectivity index (χ3v) is 8.60. The molecule has 0 N–H and O–H groups in total. The molecule has 0 spiro atoms. The van der Waals surface area contributed by atoms with E-state index in [1.165, 1.54) is 0 Å². The molecule has 0 radical (unpaired) electrons. The van der Waals surface area contributed by atoms with Gasteiger partial charge in [0.1, 0.15) is 0 Å². The van der Waals surface area contributed by atoms with E-state index in [0.717, 1.165) is 79.7 Å². The molecule has 0 unspecified atom stereocenters. The molecule has 0 atom stereocenters. The van der Waals surface area contributed by atoms with Crippen LogP contribution in [0.3, 0.4) is 0 Å². The topological polar surface area (TPSA) is 59.4 Å². The first-order chi connectivity index (χ1) is 23.8.